The molecule has 2 heterocycles. The topological polar surface area (TPSA) is 72.3 Å². The van der Waals surface area contributed by atoms with Gasteiger partial charge in [-0.3, -0.25) is 4.79 Å². The number of benzene rings is 1. The summed E-state index contributed by atoms with van der Waals surface area (Å²) in [6, 6.07) is 9.78. The third-order valence-corrected chi connectivity index (χ3v) is 6.07. The Morgan fingerprint density at radius 2 is 1.92 bits per heavy atom. The monoisotopic (exact) mass is 347 g/mol. The van der Waals surface area contributed by atoms with Crippen molar-refractivity contribution >= 4 is 15.7 Å². The second kappa shape index (κ2) is 6.76. The fraction of sp³-hybridized carbons (Fsp3) is 0.412. The summed E-state index contributed by atoms with van der Waals surface area (Å²) in [7, 11) is -1.19. The fourth-order valence-electron chi connectivity index (χ4n) is 2.96. The van der Waals surface area contributed by atoms with Crippen LogP contribution in [0.5, 0.6) is 0 Å². The van der Waals surface area contributed by atoms with E-state index < -0.39 is 9.84 Å². The molecule has 6 nitrogen and oxygen atoms in total. The maximum Gasteiger partial charge on any atom is 0.225 e. The van der Waals surface area contributed by atoms with Gasteiger partial charge in [0.15, 0.2) is 0 Å². The fourth-order valence-corrected chi connectivity index (χ4v) is 4.46. The van der Waals surface area contributed by atoms with Crippen LogP contribution in [-0.2, 0) is 21.2 Å². The van der Waals surface area contributed by atoms with Gasteiger partial charge in [0.1, 0.15) is 9.84 Å². The molecule has 1 fully saturated rings. The van der Waals surface area contributed by atoms with Gasteiger partial charge in [-0.05, 0) is 25.0 Å². The number of carbonyl (C=O) groups is 1. The third-order valence-electron chi connectivity index (χ3n) is 4.36. The zero-order chi connectivity index (χ0) is 17.2. The van der Waals surface area contributed by atoms with Crippen molar-refractivity contribution in [3.63, 3.8) is 0 Å². The molecule has 128 valence electrons. The maximum atomic E-state index is 12.5. The summed E-state index contributed by atoms with van der Waals surface area (Å²) < 4.78 is 24.7. The minimum absolute atomic E-state index is 0.0114. The lowest BCUT2D eigenvalue weighted by Crippen LogP contribution is -2.37. The van der Waals surface area contributed by atoms with Crippen molar-refractivity contribution in [3.8, 4) is 5.69 Å². The van der Waals surface area contributed by atoms with Crippen LogP contribution < -0.4 is 0 Å². The van der Waals surface area contributed by atoms with Crippen molar-refractivity contribution in [1.29, 1.82) is 0 Å². The van der Waals surface area contributed by atoms with Crippen molar-refractivity contribution in [3.05, 3.63) is 48.3 Å². The van der Waals surface area contributed by atoms with Crippen LogP contribution in [0.1, 0.15) is 18.4 Å². The van der Waals surface area contributed by atoms with Crippen LogP contribution in [0.25, 0.3) is 5.69 Å². The zero-order valence-electron chi connectivity index (χ0n) is 13.6. The summed E-state index contributed by atoms with van der Waals surface area (Å²) in [5, 5.41) is 4.33. The Labute approximate surface area is 142 Å². The molecule has 24 heavy (non-hydrogen) atoms. The normalized spacial score (nSPS) is 17.5. The average Bonchev–Trinajstić information content (AvgIpc) is 3.03. The highest BCUT2D eigenvalue weighted by Gasteiger charge is 2.30. The van der Waals surface area contributed by atoms with Gasteiger partial charge in [0.05, 0.1) is 23.4 Å². The Morgan fingerprint density at radius 1 is 1.25 bits per heavy atom. The molecular formula is C17H21N3O3S. The molecule has 0 unspecified atom stereocenters. The predicted molar refractivity (Wildman–Crippen MR) is 91.4 cm³/mol. The van der Waals surface area contributed by atoms with Crippen LogP contribution in [0.15, 0.2) is 42.7 Å². The Kier molecular flexibility index (Phi) is 4.71. The van der Waals surface area contributed by atoms with Crippen LogP contribution >= 0.6 is 0 Å². The first-order chi connectivity index (χ1) is 11.4. The largest absolute Gasteiger partial charge is 0.341 e. The smallest absolute Gasteiger partial charge is 0.225 e. The molecule has 0 radical (unpaired) electrons. The number of aromatic nitrogens is 2. The number of para-hydroxylation sites is 1. The van der Waals surface area contributed by atoms with Gasteiger partial charge in [-0.2, -0.15) is 5.10 Å². The van der Waals surface area contributed by atoms with E-state index in [1.807, 2.05) is 36.5 Å². The van der Waals surface area contributed by atoms with Crippen molar-refractivity contribution in [1.82, 2.24) is 14.7 Å². The Hall–Kier alpha value is -2.15. The summed E-state index contributed by atoms with van der Waals surface area (Å²) >= 11 is 0. The summed E-state index contributed by atoms with van der Waals surface area (Å²) in [4.78, 5) is 14.2. The molecule has 1 saturated heterocycles. The molecule has 3 rings (SSSR count). The average molecular weight is 347 g/mol. The number of nitrogens with zero attached hydrogens (tertiary/aromatic N) is 3. The molecule has 1 aliphatic rings. The van der Waals surface area contributed by atoms with Gasteiger partial charge < -0.3 is 4.90 Å². The molecule has 0 spiro atoms. The highest BCUT2D eigenvalue weighted by molar-refractivity contribution is 7.91. The molecule has 0 bridgehead atoms. The number of hydrogen-bond donors (Lipinski definition) is 0. The molecule has 0 N–H and O–H groups in total. The van der Waals surface area contributed by atoms with E-state index in [9.17, 15) is 13.2 Å². The highest BCUT2D eigenvalue weighted by atomic mass is 32.2. The molecule has 1 aliphatic heterocycles. The lowest BCUT2D eigenvalue weighted by molar-refractivity contribution is -0.135. The first kappa shape index (κ1) is 16.7. The Morgan fingerprint density at radius 3 is 2.58 bits per heavy atom. The van der Waals surface area contributed by atoms with Crippen LogP contribution in [0, 0.1) is 5.92 Å². The molecule has 0 atom stereocenters. The molecule has 0 aliphatic carbocycles. The van der Waals surface area contributed by atoms with E-state index in [0.717, 1.165) is 11.3 Å². The van der Waals surface area contributed by atoms with E-state index in [-0.39, 0.29) is 23.3 Å². The van der Waals surface area contributed by atoms with Crippen LogP contribution in [0.4, 0.5) is 0 Å². The standard InChI is InChI=1S/C17H21N3O3S/c1-19(17(21)15-7-9-24(22,23)10-8-15)12-14-11-18-20(13-14)16-5-3-2-4-6-16/h2-6,11,13,15H,7-10,12H2,1H3. The number of carbonyl (C=O) groups excluding carboxylic acids is 1. The second-order valence-corrected chi connectivity index (χ2v) is 8.55. The number of amides is 1. The zero-order valence-corrected chi connectivity index (χ0v) is 14.4. The second-order valence-electron chi connectivity index (χ2n) is 6.25. The van der Waals surface area contributed by atoms with E-state index in [1.54, 1.807) is 22.8 Å². The van der Waals surface area contributed by atoms with E-state index in [4.69, 9.17) is 0 Å². The highest BCUT2D eigenvalue weighted by Crippen LogP contribution is 2.21. The Bertz CT molecular complexity index is 801. The molecular weight excluding hydrogens is 326 g/mol. The maximum absolute atomic E-state index is 12.5. The van der Waals surface area contributed by atoms with Crippen molar-refractivity contribution in [2.24, 2.45) is 5.92 Å². The van der Waals surface area contributed by atoms with Gasteiger partial charge in [-0.15, -0.1) is 0 Å². The van der Waals surface area contributed by atoms with E-state index in [1.165, 1.54) is 0 Å². The Balaban J connectivity index is 1.62. The molecule has 2 aromatic rings. The quantitative estimate of drug-likeness (QED) is 0.843. The van der Waals surface area contributed by atoms with Crippen molar-refractivity contribution in [2.45, 2.75) is 19.4 Å². The molecule has 7 heteroatoms. The number of hydrogen-bond acceptors (Lipinski definition) is 4. The lowest BCUT2D eigenvalue weighted by Gasteiger charge is -2.26. The van der Waals surface area contributed by atoms with Crippen LogP contribution in [0.3, 0.4) is 0 Å². The van der Waals surface area contributed by atoms with Crippen molar-refractivity contribution < 1.29 is 13.2 Å². The van der Waals surface area contributed by atoms with Gasteiger partial charge in [-0.25, -0.2) is 13.1 Å². The van der Waals surface area contributed by atoms with E-state index in [0.29, 0.717) is 19.4 Å². The summed E-state index contributed by atoms with van der Waals surface area (Å²) in [6.45, 7) is 0.467. The van der Waals surface area contributed by atoms with Crippen LogP contribution in [-0.4, -0.2) is 47.6 Å². The molecule has 0 saturated carbocycles. The van der Waals surface area contributed by atoms with Gasteiger partial charge in [0.2, 0.25) is 5.91 Å². The predicted octanol–water partition coefficient (Wildman–Crippen LogP) is 1.66. The minimum atomic E-state index is -2.95. The van der Waals surface area contributed by atoms with Crippen molar-refractivity contribution in [2.75, 3.05) is 18.6 Å². The summed E-state index contributed by atoms with van der Waals surface area (Å²) in [5.74, 6) is 0.0480. The van der Waals surface area contributed by atoms with E-state index >= 15 is 0 Å². The first-order valence-corrected chi connectivity index (χ1v) is 9.81. The first-order valence-electron chi connectivity index (χ1n) is 7.99. The lowest BCUT2D eigenvalue weighted by atomic mass is 10.0. The molecule has 1 aromatic carbocycles. The van der Waals surface area contributed by atoms with Gasteiger partial charge in [0, 0.05) is 31.3 Å². The molecule has 1 aromatic heterocycles. The van der Waals surface area contributed by atoms with Crippen LogP contribution in [0.2, 0.25) is 0 Å². The number of sulfone groups is 1. The van der Waals surface area contributed by atoms with Gasteiger partial charge in [0.25, 0.3) is 0 Å². The minimum Gasteiger partial charge on any atom is -0.341 e. The van der Waals surface area contributed by atoms with Gasteiger partial charge >= 0.3 is 0 Å². The SMILES string of the molecule is CN(Cc1cnn(-c2ccccc2)c1)C(=O)C1CCS(=O)(=O)CC1. The summed E-state index contributed by atoms with van der Waals surface area (Å²) in [6.07, 6.45) is 4.51. The third kappa shape index (κ3) is 3.84. The number of rotatable bonds is 4. The van der Waals surface area contributed by atoms with Gasteiger partial charge in [-0.1, -0.05) is 18.2 Å². The van der Waals surface area contributed by atoms with E-state index in [2.05, 4.69) is 5.10 Å². The summed E-state index contributed by atoms with van der Waals surface area (Å²) in [5.41, 5.74) is 1.91. The molecule has 1 amide bonds.